The summed E-state index contributed by atoms with van der Waals surface area (Å²) in [7, 11) is 0. The van der Waals surface area contributed by atoms with E-state index in [0.717, 1.165) is 21.1 Å². The van der Waals surface area contributed by atoms with Crippen molar-refractivity contribution in [1.82, 2.24) is 9.97 Å². The number of hydrogen-bond donors (Lipinski definition) is 2. The van der Waals surface area contributed by atoms with Crippen LogP contribution in [0.25, 0.3) is 11.0 Å². The summed E-state index contributed by atoms with van der Waals surface area (Å²) >= 11 is 9.05. The normalized spacial score (nSPS) is 13.0. The lowest BCUT2D eigenvalue weighted by molar-refractivity contribution is 1.18. The molecule has 0 saturated carbocycles. The minimum atomic E-state index is -0.183. The fraction of sp³-hybridized carbons (Fsp3) is 0.154. The van der Waals surface area contributed by atoms with Gasteiger partial charge in [0.25, 0.3) is 0 Å². The number of alkyl halides is 1. The van der Waals surface area contributed by atoms with Crippen LogP contribution in [0.1, 0.15) is 20.8 Å². The van der Waals surface area contributed by atoms with Gasteiger partial charge in [0.1, 0.15) is 0 Å². The minimum absolute atomic E-state index is 0.115. The van der Waals surface area contributed by atoms with E-state index in [2.05, 4.69) is 60.2 Å². The van der Waals surface area contributed by atoms with Gasteiger partial charge in [0.15, 0.2) is 0 Å². The second kappa shape index (κ2) is 4.92. The van der Waals surface area contributed by atoms with E-state index in [1.807, 2.05) is 12.1 Å². The molecule has 3 aromatic rings. The highest BCUT2D eigenvalue weighted by atomic mass is 79.9. The molecule has 1 atom stereocenters. The van der Waals surface area contributed by atoms with Crippen LogP contribution < -0.4 is 5.69 Å². The highest BCUT2D eigenvalue weighted by molar-refractivity contribution is 9.11. The van der Waals surface area contributed by atoms with Crippen LogP contribution in [0.5, 0.6) is 0 Å². The second-order valence-corrected chi connectivity index (χ2v) is 7.05. The topological polar surface area (TPSA) is 48.6 Å². The Morgan fingerprint density at radius 1 is 1.26 bits per heavy atom. The summed E-state index contributed by atoms with van der Waals surface area (Å²) in [5.41, 5.74) is 3.82. The predicted molar refractivity (Wildman–Crippen MR) is 86.4 cm³/mol. The van der Waals surface area contributed by atoms with Gasteiger partial charge in [-0.1, -0.05) is 31.9 Å². The van der Waals surface area contributed by atoms with E-state index in [1.165, 1.54) is 10.4 Å². The summed E-state index contributed by atoms with van der Waals surface area (Å²) in [6, 6.07) is 6.04. The Bertz CT molecular complexity index is 802. The van der Waals surface area contributed by atoms with Gasteiger partial charge in [-0.3, -0.25) is 0 Å². The number of aromatic amines is 2. The van der Waals surface area contributed by atoms with E-state index in [1.54, 1.807) is 11.3 Å². The molecule has 3 nitrogen and oxygen atoms in total. The van der Waals surface area contributed by atoms with E-state index < -0.39 is 0 Å². The van der Waals surface area contributed by atoms with Crippen molar-refractivity contribution in [3.63, 3.8) is 0 Å². The third kappa shape index (κ3) is 2.32. The maximum atomic E-state index is 11.3. The van der Waals surface area contributed by atoms with E-state index in [0.29, 0.717) is 0 Å². The maximum absolute atomic E-state index is 11.3. The average molecular weight is 402 g/mol. The number of halogens is 2. The first kappa shape index (κ1) is 13.1. The summed E-state index contributed by atoms with van der Waals surface area (Å²) < 4.78 is 0.977. The van der Waals surface area contributed by atoms with E-state index in [-0.39, 0.29) is 10.5 Å². The first-order valence-corrected chi connectivity index (χ1v) is 8.24. The number of aryl methyl sites for hydroxylation is 1. The number of thiophene rings is 1. The van der Waals surface area contributed by atoms with Crippen molar-refractivity contribution >= 4 is 54.2 Å². The Morgan fingerprint density at radius 2 is 1.95 bits per heavy atom. The average Bonchev–Trinajstić information content (AvgIpc) is 2.92. The number of fused-ring (bicyclic) bond motifs is 1. The van der Waals surface area contributed by atoms with Gasteiger partial charge in [-0.2, -0.15) is 0 Å². The Kier molecular flexibility index (Phi) is 3.41. The molecule has 1 unspecified atom stereocenters. The summed E-state index contributed by atoms with van der Waals surface area (Å²) in [6.45, 7) is 2.10. The summed E-state index contributed by atoms with van der Waals surface area (Å²) in [6.07, 6.45) is 0. The van der Waals surface area contributed by atoms with Gasteiger partial charge in [-0.15, -0.1) is 11.3 Å². The largest absolute Gasteiger partial charge is 0.323 e. The molecule has 0 aliphatic heterocycles. The van der Waals surface area contributed by atoms with Gasteiger partial charge < -0.3 is 9.97 Å². The van der Waals surface area contributed by atoms with Gasteiger partial charge in [0, 0.05) is 9.35 Å². The zero-order valence-corrected chi connectivity index (χ0v) is 13.9. The molecule has 98 valence electrons. The van der Waals surface area contributed by atoms with Crippen molar-refractivity contribution in [2.45, 2.75) is 11.8 Å². The van der Waals surface area contributed by atoms with Crippen LogP contribution in [0, 0.1) is 6.92 Å². The molecule has 0 spiro atoms. The lowest BCUT2D eigenvalue weighted by Crippen LogP contribution is -1.99. The number of rotatable bonds is 2. The highest BCUT2D eigenvalue weighted by Crippen LogP contribution is 2.40. The number of aromatic nitrogens is 2. The van der Waals surface area contributed by atoms with Gasteiger partial charge in [0.05, 0.1) is 15.9 Å². The number of benzene rings is 1. The Labute approximate surface area is 130 Å². The molecule has 0 aliphatic rings. The molecule has 0 bridgehead atoms. The van der Waals surface area contributed by atoms with Gasteiger partial charge >= 0.3 is 5.69 Å². The Balaban J connectivity index is 2.16. The monoisotopic (exact) mass is 400 g/mol. The zero-order valence-electron chi connectivity index (χ0n) is 9.96. The maximum Gasteiger partial charge on any atom is 0.323 e. The Morgan fingerprint density at radius 3 is 2.58 bits per heavy atom. The van der Waals surface area contributed by atoms with E-state index in [4.69, 9.17) is 0 Å². The molecule has 2 aromatic heterocycles. The molecule has 0 aliphatic carbocycles. The zero-order chi connectivity index (χ0) is 13.6. The van der Waals surface area contributed by atoms with Crippen molar-refractivity contribution in [2.75, 3.05) is 0 Å². The van der Waals surface area contributed by atoms with Crippen molar-refractivity contribution in [2.24, 2.45) is 0 Å². The summed E-state index contributed by atoms with van der Waals surface area (Å²) in [5, 5.41) is 2.09. The molecule has 0 saturated heterocycles. The Hall–Kier alpha value is -0.850. The van der Waals surface area contributed by atoms with Crippen LogP contribution in [-0.4, -0.2) is 9.97 Å². The first-order valence-electron chi connectivity index (χ1n) is 5.66. The van der Waals surface area contributed by atoms with Crippen LogP contribution in [0.4, 0.5) is 0 Å². The van der Waals surface area contributed by atoms with E-state index >= 15 is 0 Å². The van der Waals surface area contributed by atoms with Crippen molar-refractivity contribution in [1.29, 1.82) is 0 Å². The SMILES string of the molecule is Cc1ccsc1C(Br)c1cc2[nH]c(=O)[nH]c2cc1Br. The van der Waals surface area contributed by atoms with E-state index in [9.17, 15) is 4.79 Å². The third-order valence-corrected chi connectivity index (χ3v) is 6.06. The number of nitrogens with one attached hydrogen (secondary N) is 2. The molecule has 2 heterocycles. The van der Waals surface area contributed by atoms with Gasteiger partial charge in [0.2, 0.25) is 0 Å². The molecule has 0 radical (unpaired) electrons. The first-order chi connectivity index (χ1) is 9.06. The van der Waals surface area contributed by atoms with Crippen molar-refractivity contribution in [3.8, 4) is 0 Å². The van der Waals surface area contributed by atoms with Gasteiger partial charge in [-0.25, -0.2) is 4.79 Å². The molecule has 0 fully saturated rings. The van der Waals surface area contributed by atoms with Gasteiger partial charge in [-0.05, 0) is 41.6 Å². The molecular formula is C13H10Br2N2OS. The number of H-pyrrole nitrogens is 2. The fourth-order valence-electron chi connectivity index (χ4n) is 2.05. The lowest BCUT2D eigenvalue weighted by atomic mass is 10.1. The predicted octanol–water partition coefficient (Wildman–Crippen LogP) is 4.47. The van der Waals surface area contributed by atoms with Crippen LogP contribution >= 0.6 is 43.2 Å². The number of hydrogen-bond acceptors (Lipinski definition) is 2. The molecule has 3 rings (SSSR count). The molecule has 6 heteroatoms. The van der Waals surface area contributed by atoms with Crippen LogP contribution in [0.3, 0.4) is 0 Å². The van der Waals surface area contributed by atoms with Crippen molar-refractivity contribution in [3.05, 3.63) is 54.5 Å². The molecule has 2 N–H and O–H groups in total. The molecule has 0 amide bonds. The lowest BCUT2D eigenvalue weighted by Gasteiger charge is -2.12. The van der Waals surface area contributed by atoms with Crippen LogP contribution in [-0.2, 0) is 0 Å². The quantitative estimate of drug-likeness (QED) is 0.611. The van der Waals surface area contributed by atoms with Crippen LogP contribution in [0.15, 0.2) is 32.8 Å². The number of imidazole rings is 1. The standard InChI is InChI=1S/C13H10Br2N2OS/c1-6-2-3-19-12(6)11(15)7-4-9-10(5-8(7)14)17-13(18)16-9/h2-5,11H,1H3,(H2,16,17,18). The molecule has 19 heavy (non-hydrogen) atoms. The highest BCUT2D eigenvalue weighted by Gasteiger charge is 2.18. The molecule has 1 aromatic carbocycles. The summed E-state index contributed by atoms with van der Waals surface area (Å²) in [5.74, 6) is 0. The van der Waals surface area contributed by atoms with Crippen LogP contribution in [0.2, 0.25) is 0 Å². The second-order valence-electron chi connectivity index (χ2n) is 4.33. The smallest absolute Gasteiger partial charge is 0.306 e. The molecular weight excluding hydrogens is 392 g/mol. The minimum Gasteiger partial charge on any atom is -0.306 e. The fourth-order valence-corrected chi connectivity index (χ4v) is 4.91. The third-order valence-electron chi connectivity index (χ3n) is 3.04. The van der Waals surface area contributed by atoms with Crippen molar-refractivity contribution < 1.29 is 0 Å². The summed E-state index contributed by atoms with van der Waals surface area (Å²) in [4.78, 5) is 18.3.